The number of hydrogen-bond acceptors (Lipinski definition) is 4. The molecule has 3 aliphatic rings. The number of hydrogen-bond donors (Lipinski definition) is 3. The number of fused-ring (bicyclic) bond motifs is 1. The molecular formula is C13H21N3O3. The van der Waals surface area contributed by atoms with Gasteiger partial charge in [0.15, 0.2) is 0 Å². The van der Waals surface area contributed by atoms with Gasteiger partial charge in [0.2, 0.25) is 11.8 Å². The molecule has 2 amide bonds. The fourth-order valence-corrected chi connectivity index (χ4v) is 3.86. The molecule has 4 unspecified atom stereocenters. The van der Waals surface area contributed by atoms with Crippen LogP contribution < -0.4 is 16.4 Å². The lowest BCUT2D eigenvalue weighted by Crippen LogP contribution is -2.80. The largest absolute Gasteiger partial charge is 0.377 e. The van der Waals surface area contributed by atoms with Gasteiger partial charge in [0.1, 0.15) is 5.54 Å². The highest BCUT2D eigenvalue weighted by atomic mass is 16.5. The summed E-state index contributed by atoms with van der Waals surface area (Å²) in [6.07, 6.45) is 1.25. The molecule has 3 fully saturated rings. The van der Waals surface area contributed by atoms with Crippen molar-refractivity contribution in [2.24, 2.45) is 17.1 Å². The average Bonchev–Trinajstić information content (AvgIpc) is 2.96. The van der Waals surface area contributed by atoms with Gasteiger partial charge < -0.3 is 21.1 Å². The molecule has 6 nitrogen and oxygen atoms in total. The fourth-order valence-electron chi connectivity index (χ4n) is 3.86. The first-order valence-electron chi connectivity index (χ1n) is 6.85. The third-order valence-electron chi connectivity index (χ3n) is 5.14. The minimum Gasteiger partial charge on any atom is -0.377 e. The Hall–Kier alpha value is -1.14. The Morgan fingerprint density at radius 1 is 1.53 bits per heavy atom. The van der Waals surface area contributed by atoms with E-state index in [1.807, 2.05) is 13.8 Å². The molecule has 2 saturated heterocycles. The van der Waals surface area contributed by atoms with E-state index in [0.717, 1.165) is 6.42 Å². The van der Waals surface area contributed by atoms with Gasteiger partial charge in [0, 0.05) is 30.9 Å². The summed E-state index contributed by atoms with van der Waals surface area (Å²) in [5, 5.41) is 5.63. The van der Waals surface area contributed by atoms with Crippen molar-refractivity contribution in [3.63, 3.8) is 0 Å². The van der Waals surface area contributed by atoms with Crippen LogP contribution in [0.1, 0.15) is 26.7 Å². The molecule has 0 spiro atoms. The van der Waals surface area contributed by atoms with Crippen LogP contribution in [0.3, 0.4) is 0 Å². The van der Waals surface area contributed by atoms with E-state index >= 15 is 0 Å². The minimum absolute atomic E-state index is 0.0219. The van der Waals surface area contributed by atoms with Gasteiger partial charge in [-0.25, -0.2) is 0 Å². The van der Waals surface area contributed by atoms with E-state index < -0.39 is 5.54 Å². The lowest BCUT2D eigenvalue weighted by molar-refractivity contribution is -0.175. The molecule has 4 atom stereocenters. The predicted octanol–water partition coefficient (Wildman–Crippen LogP) is -0.866. The number of amides is 2. The Kier molecular flexibility index (Phi) is 2.66. The number of rotatable bonds is 2. The zero-order valence-corrected chi connectivity index (χ0v) is 11.4. The van der Waals surface area contributed by atoms with Gasteiger partial charge >= 0.3 is 0 Å². The Bertz CT molecular complexity index is 437. The Morgan fingerprint density at radius 2 is 2.26 bits per heavy atom. The molecule has 3 rings (SSSR count). The summed E-state index contributed by atoms with van der Waals surface area (Å²) < 4.78 is 5.67. The maximum absolute atomic E-state index is 12.5. The number of carbonyl (C=O) groups excluding carboxylic acids is 2. The topological polar surface area (TPSA) is 93.4 Å². The van der Waals surface area contributed by atoms with Gasteiger partial charge in [-0.15, -0.1) is 0 Å². The molecule has 0 aromatic rings. The normalized spacial score (nSPS) is 43.3. The second-order valence-corrected chi connectivity index (χ2v) is 6.46. The fraction of sp³-hybridized carbons (Fsp3) is 0.846. The average molecular weight is 267 g/mol. The number of ether oxygens (including phenoxy) is 1. The van der Waals surface area contributed by atoms with Crippen molar-refractivity contribution >= 4 is 11.8 Å². The number of carbonyl (C=O) groups is 2. The van der Waals surface area contributed by atoms with Crippen molar-refractivity contribution in [3.8, 4) is 0 Å². The molecule has 0 bridgehead atoms. The van der Waals surface area contributed by atoms with Crippen LogP contribution in [-0.2, 0) is 14.3 Å². The first-order valence-corrected chi connectivity index (χ1v) is 6.85. The third kappa shape index (κ3) is 1.56. The summed E-state index contributed by atoms with van der Waals surface area (Å²) in [6.45, 7) is 5.13. The Balaban J connectivity index is 1.73. The highest BCUT2D eigenvalue weighted by Gasteiger charge is 2.71. The number of nitrogens with two attached hydrogens (primary N) is 1. The van der Waals surface area contributed by atoms with Crippen LogP contribution in [0.5, 0.6) is 0 Å². The minimum atomic E-state index is -0.889. The maximum Gasteiger partial charge on any atom is 0.241 e. The summed E-state index contributed by atoms with van der Waals surface area (Å²) in [5.41, 5.74) is 5.17. The smallest absolute Gasteiger partial charge is 0.241 e. The maximum atomic E-state index is 12.5. The zero-order valence-electron chi connectivity index (χ0n) is 11.4. The molecular weight excluding hydrogens is 246 g/mol. The second kappa shape index (κ2) is 3.93. The highest BCUT2D eigenvalue weighted by molar-refractivity contribution is 5.91. The van der Waals surface area contributed by atoms with Gasteiger partial charge in [0.05, 0.1) is 12.1 Å². The molecule has 4 N–H and O–H groups in total. The SMILES string of the molecule is CC1(C)C2OCCC2C1(N)C(=O)NC1CNC(=O)C1. The van der Waals surface area contributed by atoms with Crippen LogP contribution >= 0.6 is 0 Å². The third-order valence-corrected chi connectivity index (χ3v) is 5.14. The van der Waals surface area contributed by atoms with Crippen molar-refractivity contribution < 1.29 is 14.3 Å². The molecule has 0 aromatic heterocycles. The second-order valence-electron chi connectivity index (χ2n) is 6.46. The summed E-state index contributed by atoms with van der Waals surface area (Å²) in [6, 6.07) is -0.141. The van der Waals surface area contributed by atoms with E-state index in [1.165, 1.54) is 0 Å². The van der Waals surface area contributed by atoms with Crippen molar-refractivity contribution in [1.82, 2.24) is 10.6 Å². The summed E-state index contributed by atoms with van der Waals surface area (Å²) >= 11 is 0. The summed E-state index contributed by atoms with van der Waals surface area (Å²) in [4.78, 5) is 23.7. The monoisotopic (exact) mass is 267 g/mol. The molecule has 2 heterocycles. The summed E-state index contributed by atoms with van der Waals surface area (Å²) in [5.74, 6) is -0.0790. The van der Waals surface area contributed by atoms with Gasteiger partial charge in [-0.2, -0.15) is 0 Å². The van der Waals surface area contributed by atoms with E-state index in [4.69, 9.17) is 10.5 Å². The predicted molar refractivity (Wildman–Crippen MR) is 68.1 cm³/mol. The summed E-state index contributed by atoms with van der Waals surface area (Å²) in [7, 11) is 0. The van der Waals surface area contributed by atoms with Crippen LogP contribution in [0, 0.1) is 11.3 Å². The van der Waals surface area contributed by atoms with Crippen molar-refractivity contribution in [2.45, 2.75) is 44.4 Å². The molecule has 19 heavy (non-hydrogen) atoms. The van der Waals surface area contributed by atoms with E-state index in [-0.39, 0.29) is 35.3 Å². The van der Waals surface area contributed by atoms with E-state index in [9.17, 15) is 9.59 Å². The van der Waals surface area contributed by atoms with Gasteiger partial charge in [0.25, 0.3) is 0 Å². The highest BCUT2D eigenvalue weighted by Crippen LogP contribution is 2.58. The molecule has 0 radical (unpaired) electrons. The lowest BCUT2D eigenvalue weighted by atomic mass is 9.48. The molecule has 0 aromatic carbocycles. The van der Waals surface area contributed by atoms with Gasteiger partial charge in [-0.05, 0) is 6.42 Å². The molecule has 106 valence electrons. The van der Waals surface area contributed by atoms with E-state index in [2.05, 4.69) is 10.6 Å². The van der Waals surface area contributed by atoms with Gasteiger partial charge in [-0.1, -0.05) is 13.8 Å². The van der Waals surface area contributed by atoms with E-state index in [0.29, 0.717) is 19.6 Å². The van der Waals surface area contributed by atoms with Crippen LogP contribution in [0.4, 0.5) is 0 Å². The molecule has 6 heteroatoms. The standard InChI is InChI=1S/C13H21N3O3/c1-12(2)10-8(3-4-19-10)13(12,14)11(18)16-7-5-9(17)15-6-7/h7-8,10H,3-6,14H2,1-2H3,(H,15,17)(H,16,18). The van der Waals surface area contributed by atoms with Crippen molar-refractivity contribution in [3.05, 3.63) is 0 Å². The van der Waals surface area contributed by atoms with Crippen LogP contribution in [0.25, 0.3) is 0 Å². The number of nitrogens with one attached hydrogen (secondary N) is 2. The first kappa shape index (κ1) is 12.9. The van der Waals surface area contributed by atoms with Gasteiger partial charge in [-0.3, -0.25) is 9.59 Å². The lowest BCUT2D eigenvalue weighted by Gasteiger charge is -2.60. The Morgan fingerprint density at radius 3 is 2.89 bits per heavy atom. The van der Waals surface area contributed by atoms with Crippen LogP contribution in [0.2, 0.25) is 0 Å². The zero-order chi connectivity index (χ0) is 13.8. The molecule has 1 aliphatic carbocycles. The van der Waals surface area contributed by atoms with Crippen molar-refractivity contribution in [2.75, 3.05) is 13.2 Å². The van der Waals surface area contributed by atoms with Crippen molar-refractivity contribution in [1.29, 1.82) is 0 Å². The van der Waals surface area contributed by atoms with E-state index in [1.54, 1.807) is 0 Å². The first-order chi connectivity index (χ1) is 8.87. The molecule has 2 aliphatic heterocycles. The quantitative estimate of drug-likeness (QED) is 0.606. The van der Waals surface area contributed by atoms with Crippen LogP contribution in [-0.4, -0.2) is 42.7 Å². The Labute approximate surface area is 112 Å². The molecule has 1 saturated carbocycles. The van der Waals surface area contributed by atoms with Crippen LogP contribution in [0.15, 0.2) is 0 Å².